The van der Waals surface area contributed by atoms with Gasteiger partial charge >= 0.3 is 11.9 Å². The van der Waals surface area contributed by atoms with E-state index in [1.807, 2.05) is 32.9 Å². The second-order valence-corrected chi connectivity index (χ2v) is 11.3. The molecular weight excluding hydrogens is 708 g/mol. The summed E-state index contributed by atoms with van der Waals surface area (Å²) in [7, 11) is 5.47. The Labute approximate surface area is 318 Å². The lowest BCUT2D eigenvalue weighted by molar-refractivity contribution is -0.134. The van der Waals surface area contributed by atoms with Crippen molar-refractivity contribution in [3.8, 4) is 23.4 Å². The highest BCUT2D eigenvalue weighted by atomic mass is 16.5. The number of benzene rings is 2. The second kappa shape index (κ2) is 20.2. The number of pyridine rings is 1. The van der Waals surface area contributed by atoms with Gasteiger partial charge in [-0.2, -0.15) is 0 Å². The van der Waals surface area contributed by atoms with Crippen LogP contribution in [-0.4, -0.2) is 76.2 Å². The molecule has 0 fully saturated rings. The maximum absolute atomic E-state index is 12.1. The molecule has 2 aromatic carbocycles. The predicted octanol–water partition coefficient (Wildman–Crippen LogP) is 6.60. The van der Waals surface area contributed by atoms with Crippen molar-refractivity contribution in [3.63, 3.8) is 0 Å². The van der Waals surface area contributed by atoms with Crippen molar-refractivity contribution in [3.05, 3.63) is 137 Å². The molecular formula is C40H40N6O9. The van der Waals surface area contributed by atoms with Gasteiger partial charge in [0, 0.05) is 41.1 Å². The maximum Gasteiger partial charge on any atom is 0.341 e. The van der Waals surface area contributed by atoms with Gasteiger partial charge in [0.25, 0.3) is 0 Å². The minimum absolute atomic E-state index is 0.208. The summed E-state index contributed by atoms with van der Waals surface area (Å²) in [5, 5.41) is 13.0. The summed E-state index contributed by atoms with van der Waals surface area (Å²) in [5.74, 6) is 0.191. The molecule has 0 aliphatic carbocycles. The smallest absolute Gasteiger partial charge is 0.341 e. The summed E-state index contributed by atoms with van der Waals surface area (Å²) in [5.41, 5.74) is 5.50. The molecule has 3 heterocycles. The molecule has 15 nitrogen and oxygen atoms in total. The van der Waals surface area contributed by atoms with E-state index in [4.69, 9.17) is 28.4 Å². The van der Waals surface area contributed by atoms with Crippen LogP contribution in [0, 0.1) is 20.8 Å². The third-order valence-electron chi connectivity index (χ3n) is 7.60. The standard InChI is InChI=1S/C21H19N3O5.C19H21N3O4/c1-14-7-6-10-18(24-14)29-20-11-19(22-13-23-20)28-17-9-5-4-8-15(17)16(12-26-2)21(25)27-3;1-12-13(2)21-14(10-20-12)9-18(22-24)16-8-6-5-7-15(16)17(11-25-3)19(23)26-4/h4-13H,1-3H3;5-8,10-11,24H,9H2,1-4H3/b16-12+;17-11+,22-18?. The van der Waals surface area contributed by atoms with Gasteiger partial charge in [-0.25, -0.2) is 24.5 Å². The molecule has 0 aliphatic heterocycles. The van der Waals surface area contributed by atoms with E-state index >= 15 is 0 Å². The number of oxime groups is 1. The Balaban J connectivity index is 0.000000246. The average molecular weight is 749 g/mol. The predicted molar refractivity (Wildman–Crippen MR) is 202 cm³/mol. The molecule has 0 saturated heterocycles. The van der Waals surface area contributed by atoms with Gasteiger partial charge in [-0.1, -0.05) is 53.7 Å². The van der Waals surface area contributed by atoms with Crippen molar-refractivity contribution in [1.29, 1.82) is 0 Å². The van der Waals surface area contributed by atoms with Crippen LogP contribution < -0.4 is 9.47 Å². The molecule has 5 aromatic rings. The highest BCUT2D eigenvalue weighted by Crippen LogP contribution is 2.31. The fourth-order valence-electron chi connectivity index (χ4n) is 4.91. The Morgan fingerprint density at radius 2 is 1.27 bits per heavy atom. The lowest BCUT2D eigenvalue weighted by atomic mass is 9.95. The lowest BCUT2D eigenvalue weighted by Gasteiger charge is -2.13. The number of methoxy groups -OCH3 is 4. The lowest BCUT2D eigenvalue weighted by Crippen LogP contribution is -2.13. The Kier molecular flexibility index (Phi) is 14.9. The number of esters is 2. The van der Waals surface area contributed by atoms with Gasteiger partial charge in [0.2, 0.25) is 17.6 Å². The summed E-state index contributed by atoms with van der Waals surface area (Å²) < 4.78 is 31.2. The molecule has 55 heavy (non-hydrogen) atoms. The number of hydrogen-bond donors (Lipinski definition) is 1. The molecule has 0 atom stereocenters. The summed E-state index contributed by atoms with van der Waals surface area (Å²) >= 11 is 0. The first-order valence-corrected chi connectivity index (χ1v) is 16.6. The van der Waals surface area contributed by atoms with Gasteiger partial charge in [-0.05, 0) is 32.9 Å². The number of ether oxygens (including phenoxy) is 6. The molecule has 0 radical (unpaired) electrons. The molecule has 0 aliphatic rings. The van der Waals surface area contributed by atoms with Crippen LogP contribution in [0.25, 0.3) is 11.1 Å². The third-order valence-corrected chi connectivity index (χ3v) is 7.60. The van der Waals surface area contributed by atoms with E-state index in [0.717, 1.165) is 17.1 Å². The number of nitrogens with zero attached hydrogens (tertiary/aromatic N) is 6. The molecule has 5 rings (SSSR count). The molecule has 0 amide bonds. The molecule has 1 N–H and O–H groups in total. The largest absolute Gasteiger partial charge is 0.503 e. The molecule has 0 bridgehead atoms. The van der Waals surface area contributed by atoms with Crippen LogP contribution >= 0.6 is 0 Å². The fraction of sp³-hybridized carbons (Fsp3) is 0.200. The number of aromatic nitrogens is 5. The van der Waals surface area contributed by atoms with E-state index in [0.29, 0.717) is 39.7 Å². The van der Waals surface area contributed by atoms with Crippen molar-refractivity contribution < 1.29 is 43.2 Å². The van der Waals surface area contributed by atoms with E-state index < -0.39 is 11.9 Å². The first-order chi connectivity index (χ1) is 26.6. The van der Waals surface area contributed by atoms with Crippen LogP contribution in [0.5, 0.6) is 23.4 Å². The number of rotatable bonds is 13. The molecule has 3 aromatic heterocycles. The Morgan fingerprint density at radius 3 is 1.87 bits per heavy atom. The molecule has 0 spiro atoms. The van der Waals surface area contributed by atoms with Crippen LogP contribution in [0.2, 0.25) is 0 Å². The zero-order valence-corrected chi connectivity index (χ0v) is 31.3. The minimum atomic E-state index is -0.555. The van der Waals surface area contributed by atoms with Gasteiger partial charge < -0.3 is 33.6 Å². The van der Waals surface area contributed by atoms with Crippen molar-refractivity contribution in [2.75, 3.05) is 28.4 Å². The van der Waals surface area contributed by atoms with Crippen LogP contribution in [-0.2, 0) is 35.0 Å². The number of para-hydroxylation sites is 1. The van der Waals surface area contributed by atoms with Crippen LogP contribution in [0.4, 0.5) is 0 Å². The van der Waals surface area contributed by atoms with E-state index in [-0.39, 0.29) is 29.3 Å². The summed E-state index contributed by atoms with van der Waals surface area (Å²) in [4.78, 5) is 45.4. The van der Waals surface area contributed by atoms with Gasteiger partial charge in [0.05, 0.1) is 69.8 Å². The van der Waals surface area contributed by atoms with Crippen LogP contribution in [0.3, 0.4) is 0 Å². The highest BCUT2D eigenvalue weighted by Gasteiger charge is 2.21. The van der Waals surface area contributed by atoms with Crippen LogP contribution in [0.15, 0.2) is 103 Å². The number of carbonyl (C=O) groups excluding carboxylic acids is 2. The molecule has 0 unspecified atom stereocenters. The number of aryl methyl sites for hydroxylation is 3. The topological polar surface area (TPSA) is 187 Å². The van der Waals surface area contributed by atoms with E-state index in [9.17, 15) is 14.8 Å². The van der Waals surface area contributed by atoms with Crippen molar-refractivity contribution in [1.82, 2.24) is 24.9 Å². The quantitative estimate of drug-likeness (QED) is 0.0339. The minimum Gasteiger partial charge on any atom is -0.503 e. The van der Waals surface area contributed by atoms with Gasteiger partial charge in [-0.3, -0.25) is 9.97 Å². The second-order valence-electron chi connectivity index (χ2n) is 11.3. The number of carbonyl (C=O) groups is 2. The van der Waals surface area contributed by atoms with Crippen LogP contribution in [0.1, 0.15) is 39.5 Å². The highest BCUT2D eigenvalue weighted by molar-refractivity contribution is 6.20. The van der Waals surface area contributed by atoms with Gasteiger partial charge in [0.15, 0.2) is 0 Å². The Bertz CT molecular complexity index is 2200. The maximum atomic E-state index is 12.1. The summed E-state index contributed by atoms with van der Waals surface area (Å²) in [6.45, 7) is 5.61. The van der Waals surface area contributed by atoms with E-state index in [1.54, 1.807) is 60.8 Å². The van der Waals surface area contributed by atoms with Gasteiger partial charge in [-0.15, -0.1) is 0 Å². The molecule has 15 heteroatoms. The first-order valence-electron chi connectivity index (χ1n) is 16.6. The monoisotopic (exact) mass is 748 g/mol. The van der Waals surface area contributed by atoms with E-state index in [1.165, 1.54) is 53.4 Å². The Hall–Kier alpha value is -7.16. The van der Waals surface area contributed by atoms with Crippen molar-refractivity contribution in [2.24, 2.45) is 5.16 Å². The number of hydrogen-bond acceptors (Lipinski definition) is 15. The molecule has 0 saturated carbocycles. The normalized spacial score (nSPS) is 11.4. The molecule has 284 valence electrons. The first kappa shape index (κ1) is 40.6. The zero-order chi connectivity index (χ0) is 39.7. The zero-order valence-electron chi connectivity index (χ0n) is 31.3. The van der Waals surface area contributed by atoms with Crippen molar-refractivity contribution >= 4 is 28.8 Å². The summed E-state index contributed by atoms with van der Waals surface area (Å²) in [6, 6.07) is 21.0. The fourth-order valence-corrected chi connectivity index (χ4v) is 4.91. The van der Waals surface area contributed by atoms with Crippen molar-refractivity contribution in [2.45, 2.75) is 27.2 Å². The third kappa shape index (κ3) is 11.2. The Morgan fingerprint density at radius 1 is 0.673 bits per heavy atom. The summed E-state index contributed by atoms with van der Waals surface area (Å²) in [6.07, 6.45) is 5.81. The SMILES string of the molecule is CO/C=C(/C(=O)OC)c1ccccc1C(Cc1cnc(C)c(C)n1)=NO.CO/C=C(/C(=O)OC)c1ccccc1Oc1cc(Oc2cccc(C)n2)ncn1. The average Bonchev–Trinajstić information content (AvgIpc) is 3.19. The van der Waals surface area contributed by atoms with Gasteiger partial charge in [0.1, 0.15) is 23.2 Å². The van der Waals surface area contributed by atoms with E-state index in [2.05, 4.69) is 30.1 Å².